The molecule has 1 N–H and O–H groups in total. The molecule has 0 saturated carbocycles. The highest BCUT2D eigenvalue weighted by Gasteiger charge is 2.27. The number of hydrogen-bond acceptors (Lipinski definition) is 5. The number of benzene rings is 2. The summed E-state index contributed by atoms with van der Waals surface area (Å²) in [5, 5.41) is 11.0. The van der Waals surface area contributed by atoms with Gasteiger partial charge in [0.1, 0.15) is 18.9 Å². The minimum atomic E-state index is -0.250. The van der Waals surface area contributed by atoms with E-state index < -0.39 is 0 Å². The first kappa shape index (κ1) is 23.0. The number of carbonyl (C=O) groups excluding carboxylic acids is 1. The number of carboxylic acid groups (broad SMARTS) is 1. The summed E-state index contributed by atoms with van der Waals surface area (Å²) in [6.45, 7) is 3.70. The lowest BCUT2D eigenvalue weighted by molar-refractivity contribution is -0.134. The molecule has 1 amide bonds. The standard InChI is InChI=1S/C23H26N4O2.CH2O2/c28-23(18-27-13-7-12-24-27)26-16-14-25(15-17-26)22(20-8-3-1-4-9-20)19-29-21-10-5-2-6-11-21;2-1-3/h1-13,22H,14-19H2;1H,(H,2,3). The van der Waals surface area contributed by atoms with Crippen LogP contribution in [0.3, 0.4) is 0 Å². The lowest BCUT2D eigenvalue weighted by atomic mass is 10.0. The third-order valence-corrected chi connectivity index (χ3v) is 5.30. The van der Waals surface area contributed by atoms with Gasteiger partial charge in [-0.15, -0.1) is 0 Å². The molecule has 1 atom stereocenters. The van der Waals surface area contributed by atoms with Gasteiger partial charge in [-0.05, 0) is 23.8 Å². The molecule has 3 aromatic rings. The van der Waals surface area contributed by atoms with E-state index in [2.05, 4.69) is 34.3 Å². The first-order valence-corrected chi connectivity index (χ1v) is 10.5. The summed E-state index contributed by atoms with van der Waals surface area (Å²) in [4.78, 5) is 25.2. The minimum Gasteiger partial charge on any atom is -0.492 e. The van der Waals surface area contributed by atoms with Crippen LogP contribution in [0.25, 0.3) is 0 Å². The van der Waals surface area contributed by atoms with Crippen LogP contribution >= 0.6 is 0 Å². The van der Waals surface area contributed by atoms with Crippen LogP contribution in [0.5, 0.6) is 5.75 Å². The number of para-hydroxylation sites is 1. The third-order valence-electron chi connectivity index (χ3n) is 5.30. The van der Waals surface area contributed by atoms with Crippen molar-refractivity contribution in [3.63, 3.8) is 0 Å². The highest BCUT2D eigenvalue weighted by Crippen LogP contribution is 2.24. The van der Waals surface area contributed by atoms with Crippen molar-refractivity contribution in [2.75, 3.05) is 32.8 Å². The molecular weight excluding hydrogens is 408 g/mol. The van der Waals surface area contributed by atoms with Gasteiger partial charge in [-0.1, -0.05) is 48.5 Å². The van der Waals surface area contributed by atoms with Gasteiger partial charge in [-0.25, -0.2) is 0 Å². The third kappa shape index (κ3) is 6.68. The van der Waals surface area contributed by atoms with Gasteiger partial charge in [0.05, 0.1) is 6.04 Å². The van der Waals surface area contributed by atoms with Gasteiger partial charge < -0.3 is 14.7 Å². The zero-order valence-electron chi connectivity index (χ0n) is 17.9. The summed E-state index contributed by atoms with van der Waals surface area (Å²) >= 11 is 0. The Morgan fingerprint density at radius 2 is 1.62 bits per heavy atom. The predicted molar refractivity (Wildman–Crippen MR) is 120 cm³/mol. The Labute approximate surface area is 187 Å². The van der Waals surface area contributed by atoms with Crippen molar-refractivity contribution in [1.29, 1.82) is 0 Å². The molecule has 1 aliphatic heterocycles. The quantitative estimate of drug-likeness (QED) is 0.573. The lowest BCUT2D eigenvalue weighted by Gasteiger charge is -2.39. The van der Waals surface area contributed by atoms with Crippen LogP contribution in [0.15, 0.2) is 79.1 Å². The minimum absolute atomic E-state index is 0.116. The number of ether oxygens (including phenoxy) is 1. The fourth-order valence-corrected chi connectivity index (χ4v) is 3.70. The highest BCUT2D eigenvalue weighted by molar-refractivity contribution is 5.76. The maximum Gasteiger partial charge on any atom is 0.290 e. The van der Waals surface area contributed by atoms with E-state index in [-0.39, 0.29) is 18.4 Å². The van der Waals surface area contributed by atoms with Crippen LogP contribution < -0.4 is 4.74 Å². The van der Waals surface area contributed by atoms with Gasteiger partial charge in [-0.3, -0.25) is 19.2 Å². The molecule has 8 heteroatoms. The number of hydrogen-bond donors (Lipinski definition) is 1. The summed E-state index contributed by atoms with van der Waals surface area (Å²) in [5.74, 6) is 0.992. The second kappa shape index (κ2) is 12.3. The summed E-state index contributed by atoms with van der Waals surface area (Å²) in [7, 11) is 0. The molecular formula is C24H28N4O4. The first-order valence-electron chi connectivity index (χ1n) is 10.5. The second-order valence-corrected chi connectivity index (χ2v) is 7.28. The smallest absolute Gasteiger partial charge is 0.290 e. The second-order valence-electron chi connectivity index (χ2n) is 7.28. The largest absolute Gasteiger partial charge is 0.492 e. The first-order chi connectivity index (χ1) is 15.7. The van der Waals surface area contributed by atoms with E-state index in [4.69, 9.17) is 14.6 Å². The van der Waals surface area contributed by atoms with E-state index in [1.807, 2.05) is 53.6 Å². The molecule has 1 unspecified atom stereocenters. The molecule has 0 radical (unpaired) electrons. The van der Waals surface area contributed by atoms with Gasteiger partial charge in [0.2, 0.25) is 5.91 Å². The SMILES string of the molecule is O=C(Cn1cccn1)N1CCN(C(COc2ccccc2)c2ccccc2)CC1.O=CO. The van der Waals surface area contributed by atoms with Crippen molar-refractivity contribution in [3.05, 3.63) is 84.7 Å². The summed E-state index contributed by atoms with van der Waals surface area (Å²) in [6.07, 6.45) is 3.52. The average Bonchev–Trinajstić information content (AvgIpc) is 3.35. The predicted octanol–water partition coefficient (Wildman–Crippen LogP) is 2.55. The Balaban J connectivity index is 0.000000913. The summed E-state index contributed by atoms with van der Waals surface area (Å²) in [5.41, 5.74) is 1.24. The van der Waals surface area contributed by atoms with Gasteiger partial charge in [0, 0.05) is 38.6 Å². The summed E-state index contributed by atoms with van der Waals surface area (Å²) < 4.78 is 7.76. The Kier molecular flexibility index (Phi) is 8.82. The number of carbonyl (C=O) groups is 2. The molecule has 1 aliphatic rings. The average molecular weight is 437 g/mol. The number of piperazine rings is 1. The molecule has 168 valence electrons. The van der Waals surface area contributed by atoms with E-state index in [0.29, 0.717) is 13.2 Å². The van der Waals surface area contributed by atoms with Crippen LogP contribution in [-0.2, 0) is 16.1 Å². The van der Waals surface area contributed by atoms with Crippen molar-refractivity contribution in [3.8, 4) is 5.75 Å². The lowest BCUT2D eigenvalue weighted by Crippen LogP contribution is -2.51. The van der Waals surface area contributed by atoms with E-state index in [1.54, 1.807) is 10.9 Å². The van der Waals surface area contributed by atoms with E-state index >= 15 is 0 Å². The van der Waals surface area contributed by atoms with Gasteiger partial charge >= 0.3 is 0 Å². The van der Waals surface area contributed by atoms with Crippen molar-refractivity contribution < 1.29 is 19.4 Å². The normalized spacial score (nSPS) is 14.7. The Bertz CT molecular complexity index is 927. The molecule has 1 fully saturated rings. The molecule has 0 spiro atoms. The fraction of sp³-hybridized carbons (Fsp3) is 0.292. The van der Waals surface area contributed by atoms with Crippen LogP contribution in [0.1, 0.15) is 11.6 Å². The molecule has 1 aromatic heterocycles. The Morgan fingerprint density at radius 1 is 1.00 bits per heavy atom. The fourth-order valence-electron chi connectivity index (χ4n) is 3.70. The highest BCUT2D eigenvalue weighted by atomic mass is 16.5. The summed E-state index contributed by atoms with van der Waals surface area (Å²) in [6, 6.07) is 22.4. The number of rotatable bonds is 7. The topological polar surface area (TPSA) is 87.9 Å². The molecule has 2 aromatic carbocycles. The number of nitrogens with zero attached hydrogens (tertiary/aromatic N) is 4. The molecule has 32 heavy (non-hydrogen) atoms. The molecule has 0 bridgehead atoms. The van der Waals surface area contributed by atoms with Crippen molar-refractivity contribution in [2.45, 2.75) is 12.6 Å². The van der Waals surface area contributed by atoms with Gasteiger partial charge in [0.25, 0.3) is 6.47 Å². The number of amides is 1. The maximum atomic E-state index is 12.5. The zero-order valence-corrected chi connectivity index (χ0v) is 17.9. The van der Waals surface area contributed by atoms with Crippen molar-refractivity contribution in [2.24, 2.45) is 0 Å². The monoisotopic (exact) mass is 436 g/mol. The van der Waals surface area contributed by atoms with Crippen LogP contribution in [-0.4, -0.2) is 69.9 Å². The van der Waals surface area contributed by atoms with Crippen LogP contribution in [0, 0.1) is 0 Å². The van der Waals surface area contributed by atoms with Crippen LogP contribution in [0.4, 0.5) is 0 Å². The van der Waals surface area contributed by atoms with E-state index in [1.165, 1.54) is 5.56 Å². The van der Waals surface area contributed by atoms with Crippen molar-refractivity contribution >= 4 is 12.4 Å². The molecule has 8 nitrogen and oxygen atoms in total. The van der Waals surface area contributed by atoms with Crippen molar-refractivity contribution in [1.82, 2.24) is 19.6 Å². The Morgan fingerprint density at radius 3 is 2.22 bits per heavy atom. The Hall–Kier alpha value is -3.65. The molecule has 2 heterocycles. The maximum absolute atomic E-state index is 12.5. The molecule has 0 aliphatic carbocycles. The van der Waals surface area contributed by atoms with E-state index in [9.17, 15) is 4.79 Å². The van der Waals surface area contributed by atoms with Gasteiger partial charge in [0.15, 0.2) is 0 Å². The zero-order chi connectivity index (χ0) is 22.6. The van der Waals surface area contributed by atoms with Crippen LogP contribution in [0.2, 0.25) is 0 Å². The molecule has 1 saturated heterocycles. The molecule has 4 rings (SSSR count). The number of aromatic nitrogens is 2. The van der Waals surface area contributed by atoms with Gasteiger partial charge in [-0.2, -0.15) is 5.10 Å². The van der Waals surface area contributed by atoms with E-state index in [0.717, 1.165) is 31.9 Å².